The number of amides is 4. The highest BCUT2D eigenvalue weighted by Crippen LogP contribution is 2.31. The van der Waals surface area contributed by atoms with E-state index in [0.717, 1.165) is 17.0 Å². The maximum absolute atomic E-state index is 15.3. The Hall–Kier alpha value is -3.46. The van der Waals surface area contributed by atoms with E-state index in [-0.39, 0.29) is 61.0 Å². The van der Waals surface area contributed by atoms with Crippen LogP contribution in [0.2, 0.25) is 0 Å². The van der Waals surface area contributed by atoms with Crippen molar-refractivity contribution in [3.8, 4) is 0 Å². The molecule has 300 valence electrons. The number of nitrogens with zero attached hydrogens (tertiary/aromatic N) is 3. The first kappa shape index (κ1) is 43.3. The zero-order valence-electron chi connectivity index (χ0n) is 33.2. The van der Waals surface area contributed by atoms with E-state index in [2.05, 4.69) is 20.9 Å². The van der Waals surface area contributed by atoms with Crippen molar-refractivity contribution in [2.45, 2.75) is 115 Å². The number of alkyl halides is 1. The molecule has 0 unspecified atom stereocenters. The molecule has 9 atom stereocenters. The Morgan fingerprint density at radius 2 is 1.83 bits per heavy atom. The van der Waals surface area contributed by atoms with Crippen LogP contribution < -0.4 is 16.0 Å². The van der Waals surface area contributed by atoms with Crippen molar-refractivity contribution < 1.29 is 33.0 Å². The maximum atomic E-state index is 15.3. The summed E-state index contributed by atoms with van der Waals surface area (Å²) in [5, 5.41) is 11.5. The van der Waals surface area contributed by atoms with Gasteiger partial charge in [-0.3, -0.25) is 19.2 Å². The fourth-order valence-corrected chi connectivity index (χ4v) is 8.61. The summed E-state index contributed by atoms with van der Waals surface area (Å²) < 4.78 is 27.3. The second-order valence-electron chi connectivity index (χ2n) is 15.3. The number of ether oxygens (including phenoxy) is 2. The fourth-order valence-electron chi connectivity index (χ4n) is 7.92. The summed E-state index contributed by atoms with van der Waals surface area (Å²) in [6.07, 6.45) is 3.26. The number of carbonyl (C=O) groups excluding carboxylic acids is 4. The molecule has 0 radical (unpaired) electrons. The van der Waals surface area contributed by atoms with Crippen LogP contribution in [0.15, 0.2) is 41.9 Å². The lowest BCUT2D eigenvalue weighted by atomic mass is 9.89. The van der Waals surface area contributed by atoms with Gasteiger partial charge in [0.25, 0.3) is 5.91 Å². The lowest BCUT2D eigenvalue weighted by Gasteiger charge is -2.41. The molecule has 3 N–H and O–H groups in total. The van der Waals surface area contributed by atoms with E-state index in [1.165, 1.54) is 18.4 Å². The van der Waals surface area contributed by atoms with E-state index < -0.39 is 41.8 Å². The molecular formula is C40H61FN6O6S. The molecule has 1 aromatic heterocycles. The minimum absolute atomic E-state index is 0.00218. The van der Waals surface area contributed by atoms with Crippen molar-refractivity contribution in [1.29, 1.82) is 0 Å². The number of likely N-dealkylation sites (tertiary alicyclic amines) is 1. The van der Waals surface area contributed by atoms with Crippen molar-refractivity contribution in [3.05, 3.63) is 52.5 Å². The monoisotopic (exact) mass is 772 g/mol. The molecule has 14 heteroatoms. The Morgan fingerprint density at radius 1 is 1.11 bits per heavy atom. The van der Waals surface area contributed by atoms with Crippen molar-refractivity contribution in [1.82, 2.24) is 30.7 Å². The molecule has 54 heavy (non-hydrogen) atoms. The van der Waals surface area contributed by atoms with Crippen molar-refractivity contribution in [2.24, 2.45) is 17.8 Å². The van der Waals surface area contributed by atoms with E-state index >= 15 is 4.39 Å². The average Bonchev–Trinajstić information content (AvgIpc) is 3.97. The van der Waals surface area contributed by atoms with Gasteiger partial charge in [0.05, 0.1) is 42.7 Å². The molecule has 0 bridgehead atoms. The Morgan fingerprint density at radius 3 is 2.41 bits per heavy atom. The summed E-state index contributed by atoms with van der Waals surface area (Å²) in [4.78, 5) is 63.1. The number of hydrogen-bond donors (Lipinski definition) is 3. The van der Waals surface area contributed by atoms with Gasteiger partial charge in [-0.1, -0.05) is 71.4 Å². The van der Waals surface area contributed by atoms with Gasteiger partial charge in [0.1, 0.15) is 11.0 Å². The molecule has 0 aliphatic carbocycles. The SMILES string of the molecule is CC[C@H](C)[C@@H]([C@@H](CC(=O)N1CCC[C@H]1[C@H](OC)[C@@H](C)C(=O)N[C@@H](Cc1ccccc1)c1nccs1)OC)N(C)C(=O)[C@@H](NC(=O)[C@@]1(F)CCNC1)C(C)C. The molecule has 2 aliphatic rings. The Labute approximate surface area is 324 Å². The first-order valence-electron chi connectivity index (χ1n) is 19.3. The van der Waals surface area contributed by atoms with Crippen LogP contribution in [0.1, 0.15) is 83.3 Å². The Balaban J connectivity index is 1.47. The lowest BCUT2D eigenvalue weighted by molar-refractivity contribution is -0.148. The van der Waals surface area contributed by atoms with Crippen molar-refractivity contribution in [2.75, 3.05) is 40.9 Å². The van der Waals surface area contributed by atoms with E-state index in [1.54, 1.807) is 30.2 Å². The van der Waals surface area contributed by atoms with Crippen LogP contribution in [0.3, 0.4) is 0 Å². The van der Waals surface area contributed by atoms with Crippen LogP contribution in [0.25, 0.3) is 0 Å². The van der Waals surface area contributed by atoms with Gasteiger partial charge in [0.2, 0.25) is 23.4 Å². The predicted molar refractivity (Wildman–Crippen MR) is 207 cm³/mol. The van der Waals surface area contributed by atoms with E-state index in [9.17, 15) is 19.2 Å². The number of nitrogens with one attached hydrogen (secondary N) is 3. The zero-order chi connectivity index (χ0) is 39.6. The number of methoxy groups -OCH3 is 2. The second kappa shape index (κ2) is 19.9. The number of halogens is 1. The van der Waals surface area contributed by atoms with Gasteiger partial charge in [-0.25, -0.2) is 9.37 Å². The van der Waals surface area contributed by atoms with Crippen LogP contribution in [-0.2, 0) is 35.1 Å². The number of benzene rings is 1. The summed E-state index contributed by atoms with van der Waals surface area (Å²) >= 11 is 1.49. The number of thiazole rings is 1. The highest BCUT2D eigenvalue weighted by Gasteiger charge is 2.46. The van der Waals surface area contributed by atoms with Crippen LogP contribution in [0, 0.1) is 17.8 Å². The third kappa shape index (κ3) is 10.4. The van der Waals surface area contributed by atoms with E-state index in [1.807, 2.05) is 70.3 Å². The molecular weight excluding hydrogens is 712 g/mol. The molecule has 12 nitrogen and oxygen atoms in total. The quantitative estimate of drug-likeness (QED) is 0.192. The van der Waals surface area contributed by atoms with Gasteiger partial charge < -0.3 is 35.2 Å². The topological polar surface area (TPSA) is 142 Å². The molecule has 2 saturated heterocycles. The summed E-state index contributed by atoms with van der Waals surface area (Å²) in [5.41, 5.74) is -0.990. The third-order valence-corrected chi connectivity index (χ3v) is 12.2. The van der Waals surface area contributed by atoms with Gasteiger partial charge in [0, 0.05) is 52.4 Å². The normalized spacial score (nSPS) is 22.6. The molecule has 4 rings (SSSR count). The highest BCUT2D eigenvalue weighted by atomic mass is 32.1. The minimum Gasteiger partial charge on any atom is -0.379 e. The van der Waals surface area contributed by atoms with Crippen molar-refractivity contribution in [3.63, 3.8) is 0 Å². The summed E-state index contributed by atoms with van der Waals surface area (Å²) in [5.74, 6) is -2.45. The van der Waals surface area contributed by atoms with Gasteiger partial charge >= 0.3 is 0 Å². The Kier molecular flexibility index (Phi) is 16.0. The number of aromatic nitrogens is 1. The second-order valence-corrected chi connectivity index (χ2v) is 16.2. The minimum atomic E-state index is -2.07. The van der Waals surface area contributed by atoms with Crippen LogP contribution >= 0.6 is 11.3 Å². The van der Waals surface area contributed by atoms with Gasteiger partial charge in [-0.15, -0.1) is 11.3 Å². The molecule has 2 aromatic rings. The predicted octanol–water partition coefficient (Wildman–Crippen LogP) is 4.31. The number of rotatable bonds is 19. The largest absolute Gasteiger partial charge is 0.379 e. The van der Waals surface area contributed by atoms with Crippen LogP contribution in [0.5, 0.6) is 0 Å². The fraction of sp³-hybridized carbons (Fsp3) is 0.675. The van der Waals surface area contributed by atoms with Crippen molar-refractivity contribution >= 4 is 35.0 Å². The number of hydrogen-bond acceptors (Lipinski definition) is 9. The first-order chi connectivity index (χ1) is 25.8. The summed E-state index contributed by atoms with van der Waals surface area (Å²) in [6.45, 7) is 10.3. The molecule has 0 saturated carbocycles. The average molecular weight is 773 g/mol. The summed E-state index contributed by atoms with van der Waals surface area (Å²) in [7, 11) is 4.77. The van der Waals surface area contributed by atoms with Gasteiger partial charge in [-0.05, 0) is 43.2 Å². The molecule has 2 fully saturated rings. The standard InChI is InChI=1S/C40H61FN6O6S/c1-9-26(4)34(46(6)38(50)33(25(2)3)45-39(51)40(41)17-18-42-24-40)31(52-7)23-32(48)47-20-13-16-30(47)35(53-8)27(5)36(49)44-29(37-43-19-21-54-37)22-28-14-11-10-12-15-28/h10-12,14-15,19,21,25-27,29-31,33-35,42H,9,13,16-18,20,22-24H2,1-8H3,(H,44,49)(H,45,51)/t26-,27+,29-,30-,31+,33-,34-,35+,40+/m0/s1. The van der Waals surface area contributed by atoms with Crippen LogP contribution in [-0.4, -0.2) is 115 Å². The lowest BCUT2D eigenvalue weighted by Crippen LogP contribution is -2.59. The molecule has 1 aromatic carbocycles. The first-order valence-corrected chi connectivity index (χ1v) is 20.2. The molecule has 3 heterocycles. The third-order valence-electron chi connectivity index (χ3n) is 11.3. The van der Waals surface area contributed by atoms with E-state index in [0.29, 0.717) is 32.4 Å². The molecule has 4 amide bonds. The highest BCUT2D eigenvalue weighted by molar-refractivity contribution is 7.09. The smallest absolute Gasteiger partial charge is 0.259 e. The van der Waals surface area contributed by atoms with Crippen LogP contribution in [0.4, 0.5) is 4.39 Å². The van der Waals surface area contributed by atoms with Gasteiger partial charge in [-0.2, -0.15) is 0 Å². The Bertz CT molecular complexity index is 1510. The number of carbonyl (C=O) groups is 4. The zero-order valence-corrected chi connectivity index (χ0v) is 34.0. The molecule has 2 aliphatic heterocycles. The molecule has 0 spiro atoms. The number of likely N-dealkylation sites (N-methyl/N-ethyl adjacent to an activating group) is 1. The van der Waals surface area contributed by atoms with Gasteiger partial charge in [0.15, 0.2) is 0 Å². The maximum Gasteiger partial charge on any atom is 0.259 e. The summed E-state index contributed by atoms with van der Waals surface area (Å²) in [6, 6.07) is 7.82. The van der Waals surface area contributed by atoms with E-state index in [4.69, 9.17) is 9.47 Å².